The van der Waals surface area contributed by atoms with E-state index in [0.29, 0.717) is 5.82 Å². The summed E-state index contributed by atoms with van der Waals surface area (Å²) in [5.74, 6) is 0.713. The third kappa shape index (κ3) is 5.15. The summed E-state index contributed by atoms with van der Waals surface area (Å²) >= 11 is 1.85. The summed E-state index contributed by atoms with van der Waals surface area (Å²) in [6, 6.07) is 68.1. The molecule has 11 rings (SSSR count). The molecule has 2 aromatic heterocycles. The van der Waals surface area contributed by atoms with Crippen molar-refractivity contribution < 1.29 is 0 Å². The topological polar surface area (TPSA) is 25.8 Å². The maximum Gasteiger partial charge on any atom is 0.160 e. The molecule has 0 aliphatic heterocycles. The second kappa shape index (κ2) is 12.4. The van der Waals surface area contributed by atoms with E-state index in [2.05, 4.69) is 195 Å². The minimum absolute atomic E-state index is 0.302. The molecule has 10 aromatic rings. The first-order valence-electron chi connectivity index (χ1n) is 18.8. The predicted octanol–water partition coefficient (Wildman–Crippen LogP) is 14.0. The average Bonchev–Trinajstić information content (AvgIpc) is 3.76. The second-order valence-corrected chi connectivity index (χ2v) is 15.8. The molecule has 0 saturated carbocycles. The summed E-state index contributed by atoms with van der Waals surface area (Å²) in [5.41, 5.74) is 13.5. The van der Waals surface area contributed by atoms with Gasteiger partial charge in [0.15, 0.2) is 5.82 Å². The molecule has 0 radical (unpaired) electrons. The summed E-state index contributed by atoms with van der Waals surface area (Å²) < 4.78 is 2.62. The van der Waals surface area contributed by atoms with E-state index < -0.39 is 0 Å². The van der Waals surface area contributed by atoms with Crippen LogP contribution in [0, 0.1) is 0 Å². The molecule has 0 bridgehead atoms. The van der Waals surface area contributed by atoms with Crippen LogP contribution in [-0.2, 0) is 5.41 Å². The van der Waals surface area contributed by atoms with Crippen LogP contribution in [0.1, 0.15) is 23.6 Å². The van der Waals surface area contributed by atoms with Crippen LogP contribution in [0.25, 0.3) is 87.1 Å². The van der Waals surface area contributed by atoms with Gasteiger partial charge in [-0.3, -0.25) is 0 Å². The van der Waals surface area contributed by atoms with Crippen LogP contribution in [0.15, 0.2) is 188 Å². The van der Waals surface area contributed by atoms with Crippen LogP contribution in [0.2, 0.25) is 0 Å². The van der Waals surface area contributed by atoms with Crippen molar-refractivity contribution in [2.24, 2.45) is 0 Å². The molecular formula is C52H34N2S. The Morgan fingerprint density at radius 3 is 1.95 bits per heavy atom. The van der Waals surface area contributed by atoms with E-state index in [1.807, 2.05) is 11.3 Å². The molecule has 0 fully saturated rings. The minimum atomic E-state index is -0.302. The van der Waals surface area contributed by atoms with Crippen LogP contribution in [0.4, 0.5) is 0 Å². The fraction of sp³-hybridized carbons (Fsp3) is 0.0385. The Morgan fingerprint density at radius 1 is 0.400 bits per heavy atom. The van der Waals surface area contributed by atoms with E-state index in [1.54, 1.807) is 0 Å². The zero-order chi connectivity index (χ0) is 36.5. The summed E-state index contributed by atoms with van der Waals surface area (Å²) in [6.07, 6.45) is 0. The van der Waals surface area contributed by atoms with E-state index in [9.17, 15) is 0 Å². The van der Waals surface area contributed by atoms with Gasteiger partial charge in [0.05, 0.1) is 11.4 Å². The molecule has 1 aliphatic rings. The maximum absolute atomic E-state index is 5.33. The van der Waals surface area contributed by atoms with E-state index in [0.717, 1.165) is 33.6 Å². The molecule has 1 aliphatic carbocycles. The van der Waals surface area contributed by atoms with Gasteiger partial charge in [-0.2, -0.15) is 0 Å². The Hall–Kier alpha value is -6.68. The first-order valence-corrected chi connectivity index (χ1v) is 19.6. The maximum atomic E-state index is 5.33. The number of thiophene rings is 1. The highest BCUT2D eigenvalue weighted by Crippen LogP contribution is 2.53. The van der Waals surface area contributed by atoms with Crippen molar-refractivity contribution in [3.05, 3.63) is 205 Å². The predicted molar refractivity (Wildman–Crippen MR) is 232 cm³/mol. The van der Waals surface area contributed by atoms with E-state index in [1.165, 1.54) is 64.3 Å². The van der Waals surface area contributed by atoms with Crippen LogP contribution in [-0.4, -0.2) is 9.97 Å². The van der Waals surface area contributed by atoms with E-state index in [4.69, 9.17) is 9.97 Å². The highest BCUT2D eigenvalue weighted by atomic mass is 32.1. The molecular weight excluding hydrogens is 685 g/mol. The molecule has 0 N–H and O–H groups in total. The first kappa shape index (κ1) is 31.8. The number of hydrogen-bond donors (Lipinski definition) is 0. The van der Waals surface area contributed by atoms with Crippen LogP contribution in [0.5, 0.6) is 0 Å². The molecule has 0 saturated heterocycles. The number of hydrogen-bond acceptors (Lipinski definition) is 3. The van der Waals surface area contributed by atoms with Crippen LogP contribution >= 0.6 is 11.3 Å². The van der Waals surface area contributed by atoms with Crippen LogP contribution < -0.4 is 0 Å². The molecule has 8 aromatic carbocycles. The van der Waals surface area contributed by atoms with Crippen molar-refractivity contribution in [3.63, 3.8) is 0 Å². The summed E-state index contributed by atoms with van der Waals surface area (Å²) in [4.78, 5) is 10.6. The van der Waals surface area contributed by atoms with Crippen molar-refractivity contribution >= 4 is 42.3 Å². The number of aromatic nitrogens is 2. The van der Waals surface area contributed by atoms with Gasteiger partial charge in [-0.1, -0.05) is 152 Å². The first-order chi connectivity index (χ1) is 27.1. The van der Waals surface area contributed by atoms with Gasteiger partial charge in [0.25, 0.3) is 0 Å². The number of nitrogens with zero attached hydrogens (tertiary/aromatic N) is 2. The van der Waals surface area contributed by atoms with Crippen molar-refractivity contribution in [3.8, 4) is 56.2 Å². The van der Waals surface area contributed by atoms with Gasteiger partial charge in [0.2, 0.25) is 0 Å². The Morgan fingerprint density at radius 2 is 1.05 bits per heavy atom. The highest BCUT2D eigenvalue weighted by molar-refractivity contribution is 7.25. The summed E-state index contributed by atoms with van der Waals surface area (Å²) in [5, 5.41) is 4.99. The second-order valence-electron chi connectivity index (χ2n) is 14.7. The van der Waals surface area contributed by atoms with Gasteiger partial charge in [-0.25, -0.2) is 9.97 Å². The number of benzene rings is 8. The number of rotatable bonds is 5. The lowest BCUT2D eigenvalue weighted by atomic mass is 9.74. The zero-order valence-electron chi connectivity index (χ0n) is 30.2. The van der Waals surface area contributed by atoms with Gasteiger partial charge in [0.1, 0.15) is 0 Å². The largest absolute Gasteiger partial charge is 0.228 e. The van der Waals surface area contributed by atoms with Gasteiger partial charge >= 0.3 is 0 Å². The van der Waals surface area contributed by atoms with Crippen molar-refractivity contribution in [1.82, 2.24) is 9.97 Å². The molecule has 2 nitrogen and oxygen atoms in total. The lowest BCUT2D eigenvalue weighted by Gasteiger charge is -2.28. The molecule has 1 atom stereocenters. The summed E-state index contributed by atoms with van der Waals surface area (Å²) in [6.45, 7) is 2.37. The number of fused-ring (bicyclic) bond motifs is 7. The quantitative estimate of drug-likeness (QED) is 0.177. The van der Waals surface area contributed by atoms with Crippen molar-refractivity contribution in [2.45, 2.75) is 12.3 Å². The standard InChI is InChI=1S/C52H34N2S/c1-52(40-16-3-2-4-17-40)45-20-9-7-18-41(45)42-26-25-38(30-46(42)52)48-32-47(53-51(54-48)39-23-22-33-12-5-6-13-34(33)29-39)37-15-11-14-35(28-37)36-24-27-44-43-19-8-10-21-49(43)55-50(44)31-36/h2-32H,1H3. The van der Waals surface area contributed by atoms with E-state index in [-0.39, 0.29) is 5.41 Å². The van der Waals surface area contributed by atoms with E-state index >= 15 is 0 Å². The Balaban J connectivity index is 1.08. The SMILES string of the molecule is CC1(c2ccccc2)c2ccccc2-c2ccc(-c3cc(-c4cccc(-c5ccc6c(c5)sc5ccccc56)c4)nc(-c4ccc5ccccc5c4)n3)cc21. The molecule has 3 heteroatoms. The zero-order valence-corrected chi connectivity index (χ0v) is 31.0. The fourth-order valence-electron chi connectivity index (χ4n) is 8.70. The molecule has 1 unspecified atom stereocenters. The van der Waals surface area contributed by atoms with Crippen molar-refractivity contribution in [2.75, 3.05) is 0 Å². The van der Waals surface area contributed by atoms with Gasteiger partial charge in [0, 0.05) is 42.3 Å². The molecule has 55 heavy (non-hydrogen) atoms. The van der Waals surface area contributed by atoms with Gasteiger partial charge in [-0.15, -0.1) is 11.3 Å². The third-order valence-corrected chi connectivity index (χ3v) is 12.7. The smallest absolute Gasteiger partial charge is 0.160 e. The fourth-order valence-corrected chi connectivity index (χ4v) is 9.84. The molecule has 2 heterocycles. The normalized spacial score (nSPS) is 14.7. The Bertz CT molecular complexity index is 3120. The molecule has 0 spiro atoms. The lowest BCUT2D eigenvalue weighted by Crippen LogP contribution is -2.22. The molecule has 0 amide bonds. The minimum Gasteiger partial charge on any atom is -0.228 e. The van der Waals surface area contributed by atoms with Crippen molar-refractivity contribution in [1.29, 1.82) is 0 Å². The van der Waals surface area contributed by atoms with Gasteiger partial charge in [-0.05, 0) is 93.0 Å². The lowest BCUT2D eigenvalue weighted by molar-refractivity contribution is 0.714. The Labute approximate surface area is 324 Å². The average molecular weight is 719 g/mol. The highest BCUT2D eigenvalue weighted by Gasteiger charge is 2.40. The third-order valence-electron chi connectivity index (χ3n) is 11.6. The molecule has 258 valence electrons. The monoisotopic (exact) mass is 718 g/mol. The van der Waals surface area contributed by atoms with Gasteiger partial charge < -0.3 is 0 Å². The summed E-state index contributed by atoms with van der Waals surface area (Å²) in [7, 11) is 0. The Kier molecular flexibility index (Phi) is 7.20. The van der Waals surface area contributed by atoms with Crippen LogP contribution in [0.3, 0.4) is 0 Å².